The first-order valence-corrected chi connectivity index (χ1v) is 12.4. The molecule has 0 N–H and O–H groups in total. The molecule has 6 nitrogen and oxygen atoms in total. The molecule has 3 aromatic rings. The number of nitrogens with zero attached hydrogens (tertiary/aromatic N) is 3. The normalized spacial score (nSPS) is 25.7. The molecule has 160 valence electrons. The summed E-state index contributed by atoms with van der Waals surface area (Å²) in [5.74, 6) is 0.613. The van der Waals surface area contributed by atoms with Crippen LogP contribution in [0, 0.1) is 5.92 Å². The average molecular weight is 436 g/mol. The van der Waals surface area contributed by atoms with Gasteiger partial charge in [0.25, 0.3) is 15.9 Å². The lowest BCUT2D eigenvalue weighted by Gasteiger charge is -2.49. The van der Waals surface area contributed by atoms with E-state index in [9.17, 15) is 13.2 Å². The molecular formula is C24H25N3O3S. The van der Waals surface area contributed by atoms with Gasteiger partial charge in [-0.2, -0.15) is 0 Å². The number of rotatable bonds is 3. The van der Waals surface area contributed by atoms with E-state index in [0.717, 1.165) is 43.4 Å². The highest BCUT2D eigenvalue weighted by atomic mass is 32.2. The van der Waals surface area contributed by atoms with E-state index in [1.165, 1.54) is 3.97 Å². The van der Waals surface area contributed by atoms with Crippen LogP contribution in [0.5, 0.6) is 0 Å². The van der Waals surface area contributed by atoms with E-state index in [-0.39, 0.29) is 16.8 Å². The van der Waals surface area contributed by atoms with Crippen LogP contribution in [0.2, 0.25) is 0 Å². The lowest BCUT2D eigenvalue weighted by molar-refractivity contribution is 0.00826. The van der Waals surface area contributed by atoms with Crippen LogP contribution in [0.25, 0.3) is 10.9 Å². The van der Waals surface area contributed by atoms with E-state index in [1.54, 1.807) is 48.7 Å². The Labute approximate surface area is 182 Å². The van der Waals surface area contributed by atoms with Crippen LogP contribution in [-0.2, 0) is 16.4 Å². The fraction of sp³-hybridized carbons (Fsp3) is 0.375. The van der Waals surface area contributed by atoms with E-state index in [1.807, 2.05) is 6.07 Å². The van der Waals surface area contributed by atoms with Crippen LogP contribution in [0.4, 0.5) is 0 Å². The minimum Gasteiger partial charge on any atom is -0.334 e. The van der Waals surface area contributed by atoms with Crippen molar-refractivity contribution in [1.82, 2.24) is 13.8 Å². The summed E-state index contributed by atoms with van der Waals surface area (Å²) in [6.07, 6.45) is 4.71. The number of hydrogen-bond acceptors (Lipinski definition) is 4. The largest absolute Gasteiger partial charge is 0.334 e. The monoisotopic (exact) mass is 435 g/mol. The molecule has 7 rings (SSSR count). The summed E-state index contributed by atoms with van der Waals surface area (Å²) in [5.41, 5.74) is 2.14. The smallest absolute Gasteiger partial charge is 0.268 e. The number of benzene rings is 2. The van der Waals surface area contributed by atoms with E-state index in [2.05, 4.69) is 9.80 Å². The predicted octanol–water partition coefficient (Wildman–Crippen LogP) is 2.97. The SMILES string of the molecule is O=C1c2cccc3c2c(cn3S(=O)(=O)c2ccccc2)CCN1C1CN2CCC1CC2. The number of carbonyl (C=O) groups is 1. The van der Waals surface area contributed by atoms with Crippen molar-refractivity contribution >= 4 is 26.8 Å². The molecule has 1 unspecified atom stereocenters. The Morgan fingerprint density at radius 1 is 0.903 bits per heavy atom. The van der Waals surface area contributed by atoms with Gasteiger partial charge in [-0.15, -0.1) is 0 Å². The van der Waals surface area contributed by atoms with Crippen LogP contribution >= 0.6 is 0 Å². The third-order valence-electron chi connectivity index (χ3n) is 7.31. The molecule has 7 heteroatoms. The van der Waals surface area contributed by atoms with E-state index in [0.29, 0.717) is 30.0 Å². The van der Waals surface area contributed by atoms with Crippen LogP contribution in [-0.4, -0.2) is 60.3 Å². The first-order valence-electron chi connectivity index (χ1n) is 11.0. The van der Waals surface area contributed by atoms with Crippen molar-refractivity contribution in [3.8, 4) is 0 Å². The molecule has 1 atom stereocenters. The van der Waals surface area contributed by atoms with Gasteiger partial charge in [0.05, 0.1) is 10.4 Å². The molecule has 31 heavy (non-hydrogen) atoms. The zero-order chi connectivity index (χ0) is 21.2. The number of piperidine rings is 3. The molecule has 3 saturated heterocycles. The van der Waals surface area contributed by atoms with Crippen molar-refractivity contribution in [3.05, 3.63) is 65.9 Å². The van der Waals surface area contributed by atoms with Gasteiger partial charge < -0.3 is 9.80 Å². The lowest BCUT2D eigenvalue weighted by Crippen LogP contribution is -2.58. The van der Waals surface area contributed by atoms with Gasteiger partial charge in [-0.1, -0.05) is 24.3 Å². The summed E-state index contributed by atoms with van der Waals surface area (Å²) < 4.78 is 28.0. The van der Waals surface area contributed by atoms with E-state index in [4.69, 9.17) is 0 Å². The van der Waals surface area contributed by atoms with Crippen molar-refractivity contribution in [3.63, 3.8) is 0 Å². The number of fused-ring (bicyclic) bond motifs is 3. The average Bonchev–Trinajstić information content (AvgIpc) is 3.13. The minimum absolute atomic E-state index is 0.0398. The highest BCUT2D eigenvalue weighted by Gasteiger charge is 2.41. The molecule has 0 spiro atoms. The molecule has 1 amide bonds. The van der Waals surface area contributed by atoms with Crippen molar-refractivity contribution < 1.29 is 13.2 Å². The Bertz CT molecular complexity index is 1270. The topological polar surface area (TPSA) is 62.6 Å². The van der Waals surface area contributed by atoms with Crippen molar-refractivity contribution in [2.45, 2.75) is 30.2 Å². The van der Waals surface area contributed by atoms with E-state index < -0.39 is 10.0 Å². The highest BCUT2D eigenvalue weighted by Crippen LogP contribution is 2.36. The number of hydrogen-bond donors (Lipinski definition) is 0. The third-order valence-corrected chi connectivity index (χ3v) is 9.00. The second-order valence-electron chi connectivity index (χ2n) is 8.92. The van der Waals surface area contributed by atoms with Gasteiger partial charge in [0.1, 0.15) is 0 Å². The Morgan fingerprint density at radius 2 is 1.68 bits per heavy atom. The zero-order valence-electron chi connectivity index (χ0n) is 17.3. The molecule has 5 heterocycles. The van der Waals surface area contributed by atoms with Crippen molar-refractivity contribution in [2.75, 3.05) is 26.2 Å². The molecule has 1 aromatic heterocycles. The minimum atomic E-state index is -3.73. The zero-order valence-corrected chi connectivity index (χ0v) is 18.1. The molecule has 3 fully saturated rings. The fourth-order valence-electron chi connectivity index (χ4n) is 5.71. The van der Waals surface area contributed by atoms with Crippen LogP contribution in [0.1, 0.15) is 28.8 Å². The molecule has 0 saturated carbocycles. The van der Waals surface area contributed by atoms with Gasteiger partial charge in [-0.3, -0.25) is 4.79 Å². The summed E-state index contributed by atoms with van der Waals surface area (Å²) in [5, 5.41) is 0.788. The molecule has 0 aliphatic carbocycles. The van der Waals surface area contributed by atoms with Gasteiger partial charge in [-0.25, -0.2) is 12.4 Å². The Hall–Kier alpha value is -2.64. The molecule has 4 aliphatic heterocycles. The number of carbonyl (C=O) groups excluding carboxylic acids is 1. The first kappa shape index (κ1) is 19.1. The maximum Gasteiger partial charge on any atom is 0.268 e. The van der Waals surface area contributed by atoms with Gasteiger partial charge >= 0.3 is 0 Å². The van der Waals surface area contributed by atoms with Crippen molar-refractivity contribution in [1.29, 1.82) is 0 Å². The number of aromatic nitrogens is 1. The van der Waals surface area contributed by atoms with Crippen LogP contribution in [0.15, 0.2) is 59.6 Å². The summed E-state index contributed by atoms with van der Waals surface area (Å²) >= 11 is 0. The Balaban J connectivity index is 1.45. The quantitative estimate of drug-likeness (QED) is 0.635. The predicted molar refractivity (Wildman–Crippen MR) is 119 cm³/mol. The molecular weight excluding hydrogens is 410 g/mol. The van der Waals surface area contributed by atoms with Gasteiger partial charge in [0.2, 0.25) is 0 Å². The summed E-state index contributed by atoms with van der Waals surface area (Å²) in [4.78, 5) is 18.5. The number of amides is 1. The Morgan fingerprint density at radius 3 is 2.39 bits per heavy atom. The maximum atomic E-state index is 13.7. The van der Waals surface area contributed by atoms with Gasteiger partial charge in [0.15, 0.2) is 0 Å². The molecule has 0 radical (unpaired) electrons. The summed E-state index contributed by atoms with van der Waals surface area (Å²) in [7, 11) is -3.73. The van der Waals surface area contributed by atoms with Crippen LogP contribution in [0.3, 0.4) is 0 Å². The second kappa shape index (κ2) is 6.93. The lowest BCUT2D eigenvalue weighted by atomic mass is 9.83. The Kier molecular flexibility index (Phi) is 4.27. The maximum absolute atomic E-state index is 13.7. The highest BCUT2D eigenvalue weighted by molar-refractivity contribution is 7.90. The fourth-order valence-corrected chi connectivity index (χ4v) is 7.12. The summed E-state index contributed by atoms with van der Waals surface area (Å²) in [6.45, 7) is 3.87. The molecule has 4 aliphatic rings. The van der Waals surface area contributed by atoms with Gasteiger partial charge in [0, 0.05) is 36.3 Å². The summed E-state index contributed by atoms with van der Waals surface area (Å²) in [6, 6.07) is 14.2. The van der Waals surface area contributed by atoms with E-state index >= 15 is 0 Å². The standard InChI is InChI=1S/C24H25N3O3S/c28-24-20-7-4-8-21-23(20)18(15-27(21)31(29,30)19-5-2-1-3-6-19)11-14-26(24)22-16-25-12-9-17(22)10-13-25/h1-8,15,17,22H,9-14,16H2. The van der Waals surface area contributed by atoms with Crippen molar-refractivity contribution in [2.24, 2.45) is 5.92 Å². The second-order valence-corrected chi connectivity index (χ2v) is 10.7. The van der Waals surface area contributed by atoms with Crippen LogP contribution < -0.4 is 0 Å². The third kappa shape index (κ3) is 2.87. The molecule has 2 aromatic carbocycles. The first-order chi connectivity index (χ1) is 15.0. The molecule has 2 bridgehead atoms. The van der Waals surface area contributed by atoms with Gasteiger partial charge in [-0.05, 0) is 68.1 Å².